The molecule has 2 nitrogen and oxygen atoms in total. The predicted octanol–water partition coefficient (Wildman–Crippen LogP) is 3.53. The summed E-state index contributed by atoms with van der Waals surface area (Å²) in [5, 5.41) is 11.7. The van der Waals surface area contributed by atoms with Gasteiger partial charge in [0, 0.05) is 16.1 Å². The monoisotopic (exact) mass is 286 g/mol. The standard InChI is InChI=1S/C14H16F2O2S/c15-13(16)18-12-4-2-1-3-11(12)14(17)7-9-5-6-10(8-14)19-9/h1-4,9-10,13,17H,5-8H2. The summed E-state index contributed by atoms with van der Waals surface area (Å²) >= 11 is 1.92. The van der Waals surface area contributed by atoms with Crippen LogP contribution in [-0.2, 0) is 5.60 Å². The number of para-hydroxylation sites is 1. The first-order chi connectivity index (χ1) is 9.07. The average molecular weight is 286 g/mol. The zero-order chi connectivity index (χ0) is 13.5. The minimum atomic E-state index is -2.86. The SMILES string of the molecule is OC1(c2ccccc2OC(F)F)CC2CCC(C1)S2. The molecular weight excluding hydrogens is 270 g/mol. The van der Waals surface area contributed by atoms with Gasteiger partial charge in [-0.1, -0.05) is 18.2 Å². The number of alkyl halides is 2. The molecule has 2 aliphatic rings. The summed E-state index contributed by atoms with van der Waals surface area (Å²) in [5.41, 5.74) is -0.518. The fourth-order valence-electron chi connectivity index (χ4n) is 3.19. The number of benzene rings is 1. The maximum absolute atomic E-state index is 12.5. The van der Waals surface area contributed by atoms with Gasteiger partial charge in [0.05, 0.1) is 5.60 Å². The smallest absolute Gasteiger partial charge is 0.387 e. The first-order valence-corrected chi connectivity index (χ1v) is 7.43. The third-order valence-electron chi connectivity index (χ3n) is 3.93. The highest BCUT2D eigenvalue weighted by molar-refractivity contribution is 8.00. The second-order valence-corrected chi connectivity index (χ2v) is 6.88. The lowest BCUT2D eigenvalue weighted by molar-refractivity contribution is -0.0555. The van der Waals surface area contributed by atoms with Crippen molar-refractivity contribution in [2.45, 2.75) is 48.4 Å². The Bertz CT molecular complexity index is 455. The van der Waals surface area contributed by atoms with Crippen molar-refractivity contribution in [2.24, 2.45) is 0 Å². The Morgan fingerprint density at radius 3 is 2.47 bits per heavy atom. The van der Waals surface area contributed by atoms with E-state index >= 15 is 0 Å². The van der Waals surface area contributed by atoms with Gasteiger partial charge in [0.15, 0.2) is 0 Å². The molecule has 0 amide bonds. The van der Waals surface area contributed by atoms with Gasteiger partial charge in [-0.05, 0) is 31.7 Å². The van der Waals surface area contributed by atoms with Gasteiger partial charge >= 0.3 is 6.61 Å². The molecule has 5 heteroatoms. The lowest BCUT2D eigenvalue weighted by Crippen LogP contribution is -2.35. The lowest BCUT2D eigenvalue weighted by atomic mass is 9.85. The van der Waals surface area contributed by atoms with E-state index in [1.807, 2.05) is 11.8 Å². The quantitative estimate of drug-likeness (QED) is 0.921. The van der Waals surface area contributed by atoms with E-state index in [2.05, 4.69) is 4.74 Å². The second kappa shape index (κ2) is 4.94. The summed E-state index contributed by atoms with van der Waals surface area (Å²) in [4.78, 5) is 0. The van der Waals surface area contributed by atoms with Gasteiger partial charge < -0.3 is 9.84 Å². The molecule has 2 heterocycles. The molecule has 0 saturated carbocycles. The maximum atomic E-state index is 12.5. The molecule has 0 aromatic heterocycles. The van der Waals surface area contributed by atoms with Crippen LogP contribution in [0.2, 0.25) is 0 Å². The number of ether oxygens (including phenoxy) is 1. The van der Waals surface area contributed by atoms with E-state index in [1.165, 1.54) is 6.07 Å². The molecule has 19 heavy (non-hydrogen) atoms. The highest BCUT2D eigenvalue weighted by atomic mass is 32.2. The van der Waals surface area contributed by atoms with Crippen LogP contribution in [0.5, 0.6) is 5.75 Å². The van der Waals surface area contributed by atoms with Crippen LogP contribution in [0.1, 0.15) is 31.2 Å². The van der Waals surface area contributed by atoms with Gasteiger partial charge in [-0.15, -0.1) is 0 Å². The van der Waals surface area contributed by atoms with Crippen molar-refractivity contribution in [3.8, 4) is 5.75 Å². The zero-order valence-electron chi connectivity index (χ0n) is 10.4. The van der Waals surface area contributed by atoms with Crippen LogP contribution < -0.4 is 4.74 Å². The van der Waals surface area contributed by atoms with Crippen molar-refractivity contribution in [1.29, 1.82) is 0 Å². The Morgan fingerprint density at radius 2 is 1.84 bits per heavy atom. The Labute approximate surface area is 115 Å². The number of halogens is 2. The zero-order valence-corrected chi connectivity index (χ0v) is 11.2. The van der Waals surface area contributed by atoms with E-state index in [9.17, 15) is 13.9 Å². The summed E-state index contributed by atoms with van der Waals surface area (Å²) in [6.45, 7) is -2.86. The molecule has 2 saturated heterocycles. The number of hydrogen-bond acceptors (Lipinski definition) is 3. The van der Waals surface area contributed by atoms with Crippen molar-refractivity contribution < 1.29 is 18.6 Å². The van der Waals surface area contributed by atoms with Crippen LogP contribution in [0.15, 0.2) is 24.3 Å². The summed E-state index contributed by atoms with van der Waals surface area (Å²) in [5.74, 6) is 0.103. The van der Waals surface area contributed by atoms with Crippen molar-refractivity contribution in [2.75, 3.05) is 0 Å². The largest absolute Gasteiger partial charge is 0.434 e. The molecule has 0 spiro atoms. The molecular formula is C14H16F2O2S. The van der Waals surface area contributed by atoms with Gasteiger partial charge in [-0.25, -0.2) is 0 Å². The summed E-state index contributed by atoms with van der Waals surface area (Å²) < 4.78 is 29.5. The molecule has 3 rings (SSSR count). The highest BCUT2D eigenvalue weighted by Gasteiger charge is 2.45. The maximum Gasteiger partial charge on any atom is 0.387 e. The van der Waals surface area contributed by atoms with Crippen LogP contribution in [0.4, 0.5) is 8.78 Å². The van der Waals surface area contributed by atoms with Crippen LogP contribution in [0, 0.1) is 0 Å². The highest BCUT2D eigenvalue weighted by Crippen LogP contribution is 2.52. The topological polar surface area (TPSA) is 29.5 Å². The molecule has 2 aliphatic heterocycles. The van der Waals surface area contributed by atoms with E-state index in [4.69, 9.17) is 0 Å². The Morgan fingerprint density at radius 1 is 1.21 bits per heavy atom. The molecule has 2 bridgehead atoms. The molecule has 2 atom stereocenters. The van der Waals surface area contributed by atoms with E-state index in [1.54, 1.807) is 18.2 Å². The molecule has 1 aromatic carbocycles. The fourth-order valence-corrected chi connectivity index (χ4v) is 5.02. The Balaban J connectivity index is 1.92. The van der Waals surface area contributed by atoms with Crippen LogP contribution >= 0.6 is 11.8 Å². The van der Waals surface area contributed by atoms with E-state index in [0.717, 1.165) is 12.8 Å². The van der Waals surface area contributed by atoms with Gasteiger partial charge in [0.2, 0.25) is 0 Å². The number of aliphatic hydroxyl groups is 1. The van der Waals surface area contributed by atoms with Crippen molar-refractivity contribution in [3.05, 3.63) is 29.8 Å². The van der Waals surface area contributed by atoms with Crippen molar-refractivity contribution in [1.82, 2.24) is 0 Å². The molecule has 1 N–H and O–H groups in total. The number of hydrogen-bond donors (Lipinski definition) is 1. The lowest BCUT2D eigenvalue weighted by Gasteiger charge is -2.37. The average Bonchev–Trinajstić information content (AvgIpc) is 2.69. The van der Waals surface area contributed by atoms with Gasteiger partial charge in [-0.2, -0.15) is 20.5 Å². The molecule has 1 aromatic rings. The number of fused-ring (bicyclic) bond motifs is 2. The van der Waals surface area contributed by atoms with Gasteiger partial charge in [0.1, 0.15) is 5.75 Å². The van der Waals surface area contributed by atoms with Crippen molar-refractivity contribution in [3.63, 3.8) is 0 Å². The Hall–Kier alpha value is -0.810. The van der Waals surface area contributed by atoms with Crippen LogP contribution in [0.3, 0.4) is 0 Å². The van der Waals surface area contributed by atoms with Gasteiger partial charge in [-0.3, -0.25) is 0 Å². The summed E-state index contributed by atoms with van der Waals surface area (Å²) in [6.07, 6.45) is 3.46. The van der Waals surface area contributed by atoms with Crippen LogP contribution in [-0.4, -0.2) is 22.2 Å². The summed E-state index contributed by atoms with van der Waals surface area (Å²) in [7, 11) is 0. The molecule has 2 unspecified atom stereocenters. The first kappa shape index (κ1) is 13.2. The van der Waals surface area contributed by atoms with Gasteiger partial charge in [0.25, 0.3) is 0 Å². The number of rotatable bonds is 3. The van der Waals surface area contributed by atoms with Crippen LogP contribution in [0.25, 0.3) is 0 Å². The van der Waals surface area contributed by atoms with E-state index < -0.39 is 12.2 Å². The van der Waals surface area contributed by atoms with Crippen molar-refractivity contribution >= 4 is 11.8 Å². The normalized spacial score (nSPS) is 33.7. The minimum Gasteiger partial charge on any atom is -0.434 e. The fraction of sp³-hybridized carbons (Fsp3) is 0.571. The minimum absolute atomic E-state index is 0.103. The molecule has 104 valence electrons. The Kier molecular flexibility index (Phi) is 3.43. The van der Waals surface area contributed by atoms with E-state index in [-0.39, 0.29) is 5.75 Å². The predicted molar refractivity (Wildman–Crippen MR) is 70.6 cm³/mol. The first-order valence-electron chi connectivity index (χ1n) is 6.49. The molecule has 0 aliphatic carbocycles. The second-order valence-electron chi connectivity index (χ2n) is 5.27. The summed E-state index contributed by atoms with van der Waals surface area (Å²) in [6, 6.07) is 6.61. The third-order valence-corrected chi connectivity index (χ3v) is 5.51. The number of thioether (sulfide) groups is 1. The van der Waals surface area contributed by atoms with E-state index in [0.29, 0.717) is 28.9 Å². The molecule has 0 radical (unpaired) electrons. The molecule has 2 fully saturated rings. The third kappa shape index (κ3) is 2.58.